The lowest BCUT2D eigenvalue weighted by molar-refractivity contribution is -0.139. The summed E-state index contributed by atoms with van der Waals surface area (Å²) in [6.07, 6.45) is 0.331. The van der Waals surface area contributed by atoms with Gasteiger partial charge >= 0.3 is 12.0 Å². The van der Waals surface area contributed by atoms with Gasteiger partial charge in [-0.3, -0.25) is 4.90 Å². The lowest BCUT2D eigenvalue weighted by Crippen LogP contribution is -2.47. The molecule has 1 aromatic carbocycles. The predicted molar refractivity (Wildman–Crippen MR) is 74.2 cm³/mol. The summed E-state index contributed by atoms with van der Waals surface area (Å²) in [5.74, 6) is -1.41. The van der Waals surface area contributed by atoms with Crippen molar-refractivity contribution < 1.29 is 19.1 Å². The van der Waals surface area contributed by atoms with Gasteiger partial charge in [0.25, 0.3) is 0 Å². The van der Waals surface area contributed by atoms with E-state index < -0.39 is 23.9 Å². The van der Waals surface area contributed by atoms with Crippen LogP contribution >= 0.6 is 0 Å². The summed E-state index contributed by atoms with van der Waals surface area (Å²) in [5, 5.41) is 11.5. The third-order valence-electron chi connectivity index (χ3n) is 2.80. The summed E-state index contributed by atoms with van der Waals surface area (Å²) in [6.45, 7) is 3.75. The Morgan fingerprint density at radius 3 is 2.55 bits per heavy atom. The second kappa shape index (κ2) is 6.88. The van der Waals surface area contributed by atoms with Crippen LogP contribution in [0.2, 0.25) is 0 Å². The van der Waals surface area contributed by atoms with Gasteiger partial charge in [-0.1, -0.05) is 19.9 Å². The standard InChI is InChI=1S/C14H19FN2O3/c1-9(2)7-12(13(18)19)16-14(20)17(3)11-6-4-5-10(15)8-11/h4-6,8-9,12H,7H2,1-3H3,(H,16,20)(H,18,19)/t12-/m0/s1. The summed E-state index contributed by atoms with van der Waals surface area (Å²) in [4.78, 5) is 24.3. The third-order valence-corrected chi connectivity index (χ3v) is 2.80. The Kier molecular flexibility index (Phi) is 5.49. The van der Waals surface area contributed by atoms with Crippen LogP contribution in [0.5, 0.6) is 0 Å². The first kappa shape index (κ1) is 15.9. The zero-order chi connectivity index (χ0) is 15.3. The van der Waals surface area contributed by atoms with E-state index in [-0.39, 0.29) is 5.92 Å². The predicted octanol–water partition coefficient (Wildman–Crippen LogP) is 2.47. The molecule has 0 aliphatic carbocycles. The van der Waals surface area contributed by atoms with E-state index in [4.69, 9.17) is 5.11 Å². The summed E-state index contributed by atoms with van der Waals surface area (Å²) in [6, 6.07) is 3.99. The second-order valence-electron chi connectivity index (χ2n) is 5.01. The second-order valence-corrected chi connectivity index (χ2v) is 5.01. The first-order chi connectivity index (χ1) is 9.31. The van der Waals surface area contributed by atoms with E-state index in [1.54, 1.807) is 6.07 Å². The first-order valence-corrected chi connectivity index (χ1v) is 6.34. The van der Waals surface area contributed by atoms with Crippen LogP contribution in [0.1, 0.15) is 20.3 Å². The van der Waals surface area contributed by atoms with Gasteiger partial charge in [-0.25, -0.2) is 14.0 Å². The van der Waals surface area contributed by atoms with Crippen molar-refractivity contribution in [3.05, 3.63) is 30.1 Å². The number of carboxylic acids is 1. The summed E-state index contributed by atoms with van der Waals surface area (Å²) in [7, 11) is 1.46. The van der Waals surface area contributed by atoms with Crippen molar-refractivity contribution in [2.75, 3.05) is 11.9 Å². The Balaban J connectivity index is 2.76. The SMILES string of the molecule is CC(C)C[C@H](NC(=O)N(C)c1cccc(F)c1)C(=O)O. The zero-order valence-corrected chi connectivity index (χ0v) is 11.8. The number of anilines is 1. The molecule has 0 saturated carbocycles. The highest BCUT2D eigenvalue weighted by Gasteiger charge is 2.23. The van der Waals surface area contributed by atoms with Crippen LogP contribution in [-0.4, -0.2) is 30.2 Å². The van der Waals surface area contributed by atoms with Crippen molar-refractivity contribution in [1.29, 1.82) is 0 Å². The first-order valence-electron chi connectivity index (χ1n) is 6.34. The molecule has 0 aliphatic rings. The average Bonchev–Trinajstić information content (AvgIpc) is 2.36. The topological polar surface area (TPSA) is 69.6 Å². The molecule has 0 unspecified atom stereocenters. The molecule has 6 heteroatoms. The molecule has 1 aromatic rings. The number of amides is 2. The maximum atomic E-state index is 13.1. The molecule has 0 aliphatic heterocycles. The molecule has 1 atom stereocenters. The number of hydrogen-bond donors (Lipinski definition) is 2. The number of aliphatic carboxylic acids is 1. The molecule has 0 radical (unpaired) electrons. The Labute approximate surface area is 117 Å². The van der Waals surface area contributed by atoms with Crippen molar-refractivity contribution >= 4 is 17.7 Å². The molecular weight excluding hydrogens is 263 g/mol. The number of hydrogen-bond acceptors (Lipinski definition) is 2. The van der Waals surface area contributed by atoms with Crippen LogP contribution in [0.15, 0.2) is 24.3 Å². The van der Waals surface area contributed by atoms with Crippen LogP contribution in [0.3, 0.4) is 0 Å². The monoisotopic (exact) mass is 282 g/mol. The Bertz CT molecular complexity index is 491. The highest BCUT2D eigenvalue weighted by molar-refractivity contribution is 5.93. The molecule has 0 heterocycles. The average molecular weight is 282 g/mol. The fraction of sp³-hybridized carbons (Fsp3) is 0.429. The number of benzene rings is 1. The van der Waals surface area contributed by atoms with E-state index in [0.29, 0.717) is 12.1 Å². The Morgan fingerprint density at radius 1 is 1.40 bits per heavy atom. The normalized spacial score (nSPS) is 12.1. The summed E-state index contributed by atoms with van der Waals surface area (Å²) >= 11 is 0. The molecular formula is C14H19FN2O3. The van der Waals surface area contributed by atoms with Crippen LogP contribution in [0, 0.1) is 11.7 Å². The number of nitrogens with one attached hydrogen (secondary N) is 1. The van der Waals surface area contributed by atoms with Crippen LogP contribution in [0.25, 0.3) is 0 Å². The number of carbonyl (C=O) groups excluding carboxylic acids is 1. The molecule has 2 N–H and O–H groups in total. The molecule has 1 rings (SSSR count). The van der Waals surface area contributed by atoms with E-state index in [2.05, 4.69) is 5.32 Å². The van der Waals surface area contributed by atoms with Gasteiger partial charge in [0.2, 0.25) is 0 Å². The molecule has 0 bridgehead atoms. The highest BCUT2D eigenvalue weighted by atomic mass is 19.1. The van der Waals surface area contributed by atoms with Gasteiger partial charge in [0, 0.05) is 12.7 Å². The Hall–Kier alpha value is -2.11. The van der Waals surface area contributed by atoms with Gasteiger partial charge in [-0.05, 0) is 30.5 Å². The van der Waals surface area contributed by atoms with E-state index in [0.717, 1.165) is 0 Å². The highest BCUT2D eigenvalue weighted by Crippen LogP contribution is 2.14. The van der Waals surface area contributed by atoms with E-state index in [9.17, 15) is 14.0 Å². The summed E-state index contributed by atoms with van der Waals surface area (Å²) < 4.78 is 13.1. The molecule has 110 valence electrons. The van der Waals surface area contributed by atoms with E-state index in [1.807, 2.05) is 13.8 Å². The number of nitrogens with zero attached hydrogens (tertiary/aromatic N) is 1. The van der Waals surface area contributed by atoms with Crippen molar-refractivity contribution in [2.45, 2.75) is 26.3 Å². The van der Waals surface area contributed by atoms with Gasteiger partial charge in [-0.15, -0.1) is 0 Å². The van der Waals surface area contributed by atoms with Gasteiger partial charge in [0.05, 0.1) is 0 Å². The largest absolute Gasteiger partial charge is 0.480 e. The van der Waals surface area contributed by atoms with Gasteiger partial charge in [0.1, 0.15) is 11.9 Å². The van der Waals surface area contributed by atoms with Gasteiger partial charge in [0.15, 0.2) is 0 Å². The van der Waals surface area contributed by atoms with Gasteiger partial charge in [-0.2, -0.15) is 0 Å². The van der Waals surface area contributed by atoms with Crippen molar-refractivity contribution in [2.24, 2.45) is 5.92 Å². The minimum absolute atomic E-state index is 0.135. The molecule has 20 heavy (non-hydrogen) atoms. The molecule has 0 aromatic heterocycles. The molecule has 0 saturated heterocycles. The number of carboxylic acid groups (broad SMARTS) is 1. The van der Waals surface area contributed by atoms with Crippen LogP contribution < -0.4 is 10.2 Å². The fourth-order valence-electron chi connectivity index (χ4n) is 1.74. The summed E-state index contributed by atoms with van der Waals surface area (Å²) in [5.41, 5.74) is 0.358. The molecule has 2 amide bonds. The lowest BCUT2D eigenvalue weighted by atomic mass is 10.0. The quantitative estimate of drug-likeness (QED) is 0.871. The number of carbonyl (C=O) groups is 2. The Morgan fingerprint density at radius 2 is 2.05 bits per heavy atom. The molecule has 5 nitrogen and oxygen atoms in total. The smallest absolute Gasteiger partial charge is 0.326 e. The molecule has 0 spiro atoms. The van der Waals surface area contributed by atoms with E-state index >= 15 is 0 Å². The van der Waals surface area contributed by atoms with Gasteiger partial charge < -0.3 is 10.4 Å². The lowest BCUT2D eigenvalue weighted by Gasteiger charge is -2.22. The number of urea groups is 1. The van der Waals surface area contributed by atoms with Crippen LogP contribution in [-0.2, 0) is 4.79 Å². The number of halogens is 1. The molecule has 0 fully saturated rings. The third kappa shape index (κ3) is 4.53. The maximum absolute atomic E-state index is 13.1. The van der Waals surface area contributed by atoms with Crippen molar-refractivity contribution in [3.8, 4) is 0 Å². The van der Waals surface area contributed by atoms with Crippen molar-refractivity contribution in [1.82, 2.24) is 5.32 Å². The maximum Gasteiger partial charge on any atom is 0.326 e. The van der Waals surface area contributed by atoms with Crippen molar-refractivity contribution in [3.63, 3.8) is 0 Å². The minimum atomic E-state index is -1.08. The van der Waals surface area contributed by atoms with E-state index in [1.165, 1.54) is 30.1 Å². The zero-order valence-electron chi connectivity index (χ0n) is 11.8. The van der Waals surface area contributed by atoms with Crippen LogP contribution in [0.4, 0.5) is 14.9 Å². The number of rotatable bonds is 5. The fourth-order valence-corrected chi connectivity index (χ4v) is 1.74. The minimum Gasteiger partial charge on any atom is -0.480 e.